The summed E-state index contributed by atoms with van der Waals surface area (Å²) >= 11 is 0. The van der Waals surface area contributed by atoms with Gasteiger partial charge in [-0.25, -0.2) is 21.9 Å². The topological polar surface area (TPSA) is 150 Å². The van der Waals surface area contributed by atoms with Gasteiger partial charge in [-0.1, -0.05) is 24.6 Å². The Morgan fingerprint density at radius 1 is 1.04 bits per heavy atom. The molecule has 10 nitrogen and oxygen atoms in total. The van der Waals surface area contributed by atoms with Crippen molar-refractivity contribution in [2.45, 2.75) is 43.0 Å². The summed E-state index contributed by atoms with van der Waals surface area (Å²) in [5, 5.41) is 10.7. The summed E-state index contributed by atoms with van der Waals surface area (Å²) in [4.78, 5) is 31.8. The van der Waals surface area contributed by atoms with Gasteiger partial charge in [0.2, 0.25) is 0 Å². The number of para-hydroxylation sites is 1. The fourth-order valence-corrected chi connectivity index (χ4v) is 7.91. The maximum Gasteiger partial charge on any atom is 0.341 e. The van der Waals surface area contributed by atoms with Crippen LogP contribution in [0.3, 0.4) is 0 Å². The number of urea groups is 1. The molecule has 2 aliphatic rings. The Labute approximate surface area is 260 Å². The highest BCUT2D eigenvalue weighted by molar-refractivity contribution is 7.89. The number of hydrogen-bond donors (Lipinski definition) is 2. The third-order valence-electron chi connectivity index (χ3n) is 8.68. The molecular weight excluding hydrogens is 597 g/mol. The van der Waals surface area contributed by atoms with Gasteiger partial charge in [0.15, 0.2) is 0 Å². The maximum absolute atomic E-state index is 14.2. The van der Waals surface area contributed by atoms with Crippen molar-refractivity contribution in [1.29, 1.82) is 5.26 Å². The molecule has 1 aromatic heterocycles. The van der Waals surface area contributed by atoms with Crippen molar-refractivity contribution in [1.82, 2.24) is 14.2 Å². The summed E-state index contributed by atoms with van der Waals surface area (Å²) in [6.45, 7) is 0.628. The molecule has 3 unspecified atom stereocenters. The Bertz CT molecular complexity index is 1900. The van der Waals surface area contributed by atoms with Crippen molar-refractivity contribution in [2.75, 3.05) is 13.1 Å². The van der Waals surface area contributed by atoms with Crippen LogP contribution in [0.1, 0.15) is 36.8 Å². The van der Waals surface area contributed by atoms with E-state index < -0.39 is 33.8 Å². The number of fused-ring (bicyclic) bond motifs is 1. The quantitative estimate of drug-likeness (QED) is 0.239. The largest absolute Gasteiger partial charge is 0.456 e. The van der Waals surface area contributed by atoms with Crippen LogP contribution in [0.5, 0.6) is 11.5 Å². The van der Waals surface area contributed by atoms with Gasteiger partial charge < -0.3 is 15.5 Å². The van der Waals surface area contributed by atoms with Crippen molar-refractivity contribution in [3.8, 4) is 17.6 Å². The fourth-order valence-electron chi connectivity index (χ4n) is 6.37. The lowest BCUT2D eigenvalue weighted by molar-refractivity contribution is -0.128. The zero-order valence-corrected chi connectivity index (χ0v) is 25.2. The molecule has 1 saturated heterocycles. The van der Waals surface area contributed by atoms with E-state index in [1.54, 1.807) is 6.20 Å². The van der Waals surface area contributed by atoms with Crippen LogP contribution in [0, 0.1) is 29.0 Å². The minimum absolute atomic E-state index is 0.0182. The number of imide groups is 1. The molecule has 6 rings (SSSR count). The zero-order chi connectivity index (χ0) is 31.7. The van der Waals surface area contributed by atoms with Gasteiger partial charge in [0.05, 0.1) is 10.5 Å². The van der Waals surface area contributed by atoms with Crippen LogP contribution in [0.2, 0.25) is 0 Å². The minimum atomic E-state index is -4.61. The Balaban J connectivity index is 1.35. The van der Waals surface area contributed by atoms with Gasteiger partial charge in [0.1, 0.15) is 29.4 Å². The molecule has 12 heteroatoms. The number of aromatic nitrogens is 1. The van der Waals surface area contributed by atoms with E-state index in [0.717, 1.165) is 47.6 Å². The SMILES string of the molecule is N#Cc1cc(S(=O)(=O)N2C(=O)N(CC3CCCC(CN)C3)C(=O)C2Cc2c[nH]c3ccccc23)ccc1Oc1ccc(F)cc1. The zero-order valence-electron chi connectivity index (χ0n) is 24.4. The lowest BCUT2D eigenvalue weighted by atomic mass is 9.81. The minimum Gasteiger partial charge on any atom is -0.456 e. The molecule has 1 saturated carbocycles. The number of benzene rings is 3. The smallest absolute Gasteiger partial charge is 0.341 e. The monoisotopic (exact) mass is 629 g/mol. The van der Waals surface area contributed by atoms with Crippen LogP contribution in [-0.2, 0) is 21.2 Å². The number of carbonyl (C=O) groups is 2. The van der Waals surface area contributed by atoms with Crippen molar-refractivity contribution in [3.63, 3.8) is 0 Å². The number of hydrogen-bond acceptors (Lipinski definition) is 7. The Morgan fingerprint density at radius 3 is 2.56 bits per heavy atom. The molecule has 3 amide bonds. The highest BCUT2D eigenvalue weighted by Crippen LogP contribution is 2.36. The first-order valence-corrected chi connectivity index (χ1v) is 16.3. The molecule has 3 atom stereocenters. The number of amides is 3. The average Bonchev–Trinajstić information content (AvgIpc) is 3.56. The summed E-state index contributed by atoms with van der Waals surface area (Å²) < 4.78 is 48.1. The van der Waals surface area contributed by atoms with E-state index in [4.69, 9.17) is 10.5 Å². The second-order valence-electron chi connectivity index (χ2n) is 11.6. The Kier molecular flexibility index (Phi) is 8.31. The molecule has 232 valence electrons. The molecule has 2 heterocycles. The predicted octanol–water partition coefficient (Wildman–Crippen LogP) is 5.30. The predicted molar refractivity (Wildman–Crippen MR) is 164 cm³/mol. The lowest BCUT2D eigenvalue weighted by Gasteiger charge is -2.30. The number of rotatable bonds is 9. The number of sulfonamides is 1. The molecule has 1 aliphatic heterocycles. The molecule has 0 spiro atoms. The van der Waals surface area contributed by atoms with Crippen molar-refractivity contribution < 1.29 is 27.1 Å². The first kappa shape index (κ1) is 30.3. The number of carbonyl (C=O) groups excluding carboxylic acids is 2. The average molecular weight is 630 g/mol. The highest BCUT2D eigenvalue weighted by atomic mass is 32.2. The molecule has 3 aromatic carbocycles. The molecule has 4 aromatic rings. The number of nitriles is 1. The first-order valence-electron chi connectivity index (χ1n) is 14.8. The number of halogens is 1. The van der Waals surface area contributed by atoms with Crippen LogP contribution in [0.15, 0.2) is 77.8 Å². The third-order valence-corrected chi connectivity index (χ3v) is 10.5. The van der Waals surface area contributed by atoms with E-state index in [1.807, 2.05) is 30.3 Å². The molecular formula is C33H32FN5O5S. The molecule has 3 N–H and O–H groups in total. The highest BCUT2D eigenvalue weighted by Gasteiger charge is 2.52. The second-order valence-corrected chi connectivity index (χ2v) is 13.4. The third kappa shape index (κ3) is 5.89. The van der Waals surface area contributed by atoms with Crippen LogP contribution in [0.4, 0.5) is 9.18 Å². The van der Waals surface area contributed by atoms with Crippen molar-refractivity contribution in [2.24, 2.45) is 17.6 Å². The number of nitrogens with two attached hydrogens (primary N) is 1. The van der Waals surface area contributed by atoms with E-state index in [-0.39, 0.29) is 40.8 Å². The van der Waals surface area contributed by atoms with E-state index in [9.17, 15) is 27.7 Å². The van der Waals surface area contributed by atoms with E-state index in [1.165, 1.54) is 36.4 Å². The molecule has 0 radical (unpaired) electrons. The maximum atomic E-state index is 14.2. The van der Waals surface area contributed by atoms with Crippen molar-refractivity contribution >= 4 is 32.9 Å². The second kappa shape index (κ2) is 12.3. The van der Waals surface area contributed by atoms with Crippen LogP contribution in [-0.4, -0.2) is 53.7 Å². The summed E-state index contributed by atoms with van der Waals surface area (Å²) in [5.74, 6) is -0.440. The molecule has 1 aliphatic carbocycles. The van der Waals surface area contributed by atoms with E-state index in [2.05, 4.69) is 4.98 Å². The van der Waals surface area contributed by atoms with E-state index in [0.29, 0.717) is 22.3 Å². The van der Waals surface area contributed by atoms with Crippen LogP contribution in [0.25, 0.3) is 10.9 Å². The van der Waals surface area contributed by atoms with Crippen LogP contribution < -0.4 is 10.5 Å². The van der Waals surface area contributed by atoms with Gasteiger partial charge in [0, 0.05) is 30.1 Å². The lowest BCUT2D eigenvalue weighted by Crippen LogP contribution is -2.42. The van der Waals surface area contributed by atoms with Gasteiger partial charge in [-0.05, 0) is 91.7 Å². The van der Waals surface area contributed by atoms with Gasteiger partial charge in [-0.15, -0.1) is 0 Å². The summed E-state index contributed by atoms with van der Waals surface area (Å²) in [7, 11) is -4.61. The van der Waals surface area contributed by atoms with Gasteiger partial charge in [0.25, 0.3) is 15.9 Å². The van der Waals surface area contributed by atoms with E-state index >= 15 is 0 Å². The van der Waals surface area contributed by atoms with Gasteiger partial charge in [-0.2, -0.15) is 5.26 Å². The number of nitrogens with zero attached hydrogens (tertiary/aromatic N) is 3. The normalized spacial score (nSPS) is 20.5. The van der Waals surface area contributed by atoms with Crippen LogP contribution >= 0.6 is 0 Å². The summed E-state index contributed by atoms with van der Waals surface area (Å²) in [6, 6.07) is 15.9. The standard InChI is InChI=1S/C33H32FN5O5S/c34-25-8-10-26(11-9-25)44-31-13-12-27(15-23(31)18-36)45(42,43)39-30(16-24-19-37-29-7-2-1-6-28(24)29)32(40)38(33(39)41)20-22-5-3-4-21(14-22)17-35/h1-2,6-13,15,19,21-22,30,37H,3-5,14,16-17,20,35H2. The fraction of sp³-hybridized carbons (Fsp3) is 0.303. The number of H-pyrrole nitrogens is 1. The number of nitrogens with one attached hydrogen (secondary N) is 1. The molecule has 0 bridgehead atoms. The van der Waals surface area contributed by atoms with Gasteiger partial charge >= 0.3 is 6.03 Å². The molecule has 2 fully saturated rings. The van der Waals surface area contributed by atoms with Crippen molar-refractivity contribution in [3.05, 3.63) is 89.9 Å². The molecule has 45 heavy (non-hydrogen) atoms. The first-order chi connectivity index (χ1) is 21.7. The summed E-state index contributed by atoms with van der Waals surface area (Å²) in [5.41, 5.74) is 7.32. The Morgan fingerprint density at radius 2 is 1.80 bits per heavy atom. The van der Waals surface area contributed by atoms with Gasteiger partial charge in [-0.3, -0.25) is 9.69 Å². The summed E-state index contributed by atoms with van der Waals surface area (Å²) in [6.07, 6.45) is 5.17. The number of ether oxygens (including phenoxy) is 1. The number of aromatic amines is 1. The Hall–Kier alpha value is -4.73.